The van der Waals surface area contributed by atoms with Crippen molar-refractivity contribution in [2.45, 2.75) is 6.04 Å². The minimum absolute atomic E-state index is 0.154. The van der Waals surface area contributed by atoms with E-state index in [9.17, 15) is 9.59 Å². The Kier molecular flexibility index (Phi) is 4.51. The summed E-state index contributed by atoms with van der Waals surface area (Å²) in [5.41, 5.74) is 6.23. The van der Waals surface area contributed by atoms with Gasteiger partial charge in [0.15, 0.2) is 0 Å². The molecule has 1 aliphatic heterocycles. The van der Waals surface area contributed by atoms with Crippen LogP contribution in [-0.4, -0.2) is 36.1 Å². The van der Waals surface area contributed by atoms with E-state index in [2.05, 4.69) is 10.6 Å². The zero-order valence-electron chi connectivity index (χ0n) is 10.2. The fourth-order valence-electron chi connectivity index (χ4n) is 1.56. The summed E-state index contributed by atoms with van der Waals surface area (Å²) >= 11 is 1.12. The summed E-state index contributed by atoms with van der Waals surface area (Å²) < 4.78 is 5.43. The molecular weight excluding hydrogens is 266 g/mol. The summed E-state index contributed by atoms with van der Waals surface area (Å²) in [6.45, 7) is 0.754. The molecule has 0 aromatic heterocycles. The molecule has 0 saturated carbocycles. The Bertz CT molecular complexity index is 464. The normalized spacial score (nSPS) is 17.9. The third-order valence-electron chi connectivity index (χ3n) is 2.54. The van der Waals surface area contributed by atoms with Crippen molar-refractivity contribution >= 4 is 28.6 Å². The molecule has 1 aromatic carbocycles. The van der Waals surface area contributed by atoms with Crippen molar-refractivity contribution in [3.8, 4) is 5.75 Å². The number of nitrogens with two attached hydrogens (primary N) is 1. The molecule has 7 heteroatoms. The number of carbonyl (C=O) groups excluding carboxylic acids is 2. The smallest absolute Gasteiger partial charge is 0.279 e. The van der Waals surface area contributed by atoms with Gasteiger partial charge >= 0.3 is 0 Å². The molecule has 6 nitrogen and oxygen atoms in total. The minimum Gasteiger partial charge on any atom is -0.492 e. The van der Waals surface area contributed by atoms with Crippen molar-refractivity contribution in [1.29, 1.82) is 0 Å². The largest absolute Gasteiger partial charge is 0.492 e. The molecule has 1 atom stereocenters. The molecule has 1 unspecified atom stereocenters. The summed E-state index contributed by atoms with van der Waals surface area (Å²) in [6, 6.07) is 6.60. The maximum Gasteiger partial charge on any atom is 0.279 e. The van der Waals surface area contributed by atoms with Gasteiger partial charge in [-0.1, -0.05) is 11.8 Å². The van der Waals surface area contributed by atoms with Crippen LogP contribution in [0.2, 0.25) is 0 Å². The number of ether oxygens (including phenoxy) is 1. The molecule has 19 heavy (non-hydrogen) atoms. The summed E-state index contributed by atoms with van der Waals surface area (Å²) in [6.07, 6.45) is 0. The zero-order valence-corrected chi connectivity index (χ0v) is 11.0. The summed E-state index contributed by atoms with van der Waals surface area (Å²) in [5.74, 6) is 0.996. The lowest BCUT2D eigenvalue weighted by molar-refractivity contribution is -0.122. The first-order valence-electron chi connectivity index (χ1n) is 5.84. The van der Waals surface area contributed by atoms with Gasteiger partial charge in [0.2, 0.25) is 5.91 Å². The predicted octanol–water partition coefficient (Wildman–Crippen LogP) is 0.589. The Morgan fingerprint density at radius 3 is 2.84 bits per heavy atom. The number of hydrogen-bond acceptors (Lipinski definition) is 5. The van der Waals surface area contributed by atoms with Crippen LogP contribution in [0.1, 0.15) is 0 Å². The Morgan fingerprint density at radius 1 is 1.47 bits per heavy atom. The van der Waals surface area contributed by atoms with Crippen molar-refractivity contribution in [2.24, 2.45) is 0 Å². The highest BCUT2D eigenvalue weighted by Crippen LogP contribution is 2.13. The van der Waals surface area contributed by atoms with Crippen molar-refractivity contribution in [3.63, 3.8) is 0 Å². The number of amides is 2. The van der Waals surface area contributed by atoms with E-state index < -0.39 is 6.04 Å². The predicted molar refractivity (Wildman–Crippen MR) is 74.1 cm³/mol. The van der Waals surface area contributed by atoms with Crippen LogP contribution >= 0.6 is 11.8 Å². The molecule has 0 radical (unpaired) electrons. The van der Waals surface area contributed by atoms with Crippen molar-refractivity contribution in [2.75, 3.05) is 24.6 Å². The SMILES string of the molecule is Nc1ccc(OCCNC(=O)C2CSC(=O)N2)cc1. The van der Waals surface area contributed by atoms with E-state index in [-0.39, 0.29) is 11.1 Å². The van der Waals surface area contributed by atoms with Gasteiger partial charge in [0.25, 0.3) is 5.24 Å². The van der Waals surface area contributed by atoms with E-state index in [0.29, 0.717) is 30.3 Å². The van der Waals surface area contributed by atoms with E-state index in [1.54, 1.807) is 24.3 Å². The molecule has 0 aliphatic carbocycles. The molecule has 0 spiro atoms. The van der Waals surface area contributed by atoms with E-state index in [0.717, 1.165) is 11.8 Å². The highest BCUT2D eigenvalue weighted by atomic mass is 32.2. The average molecular weight is 281 g/mol. The number of anilines is 1. The Hall–Kier alpha value is -1.89. The highest BCUT2D eigenvalue weighted by Gasteiger charge is 2.27. The van der Waals surface area contributed by atoms with Crippen molar-refractivity contribution in [3.05, 3.63) is 24.3 Å². The number of rotatable bonds is 5. The first-order chi connectivity index (χ1) is 9.15. The van der Waals surface area contributed by atoms with Gasteiger partial charge in [0.05, 0.1) is 6.54 Å². The third-order valence-corrected chi connectivity index (χ3v) is 3.42. The number of hydrogen-bond donors (Lipinski definition) is 3. The fourth-order valence-corrected chi connectivity index (χ4v) is 2.33. The van der Waals surface area contributed by atoms with Crippen LogP contribution in [0.15, 0.2) is 24.3 Å². The summed E-state index contributed by atoms with van der Waals surface area (Å²) in [5, 5.41) is 5.13. The first-order valence-corrected chi connectivity index (χ1v) is 6.83. The maximum atomic E-state index is 11.6. The topological polar surface area (TPSA) is 93.4 Å². The van der Waals surface area contributed by atoms with Crippen LogP contribution < -0.4 is 21.1 Å². The second kappa shape index (κ2) is 6.33. The third kappa shape index (κ3) is 4.06. The van der Waals surface area contributed by atoms with Gasteiger partial charge in [-0.2, -0.15) is 0 Å². The van der Waals surface area contributed by atoms with Crippen LogP contribution in [0, 0.1) is 0 Å². The molecule has 2 rings (SSSR count). The number of benzene rings is 1. The van der Waals surface area contributed by atoms with E-state index in [1.807, 2.05) is 0 Å². The molecular formula is C12H15N3O3S. The van der Waals surface area contributed by atoms with Gasteiger partial charge in [0.1, 0.15) is 18.4 Å². The van der Waals surface area contributed by atoms with Crippen LogP contribution in [0.3, 0.4) is 0 Å². The van der Waals surface area contributed by atoms with Gasteiger partial charge in [-0.25, -0.2) is 0 Å². The standard InChI is InChI=1S/C12H15N3O3S/c13-8-1-3-9(4-2-8)18-6-5-14-11(16)10-7-19-12(17)15-10/h1-4,10H,5-7,13H2,(H,14,16)(H,15,17). The lowest BCUT2D eigenvalue weighted by atomic mass is 10.3. The Labute approximate surface area is 115 Å². The molecule has 1 saturated heterocycles. The zero-order chi connectivity index (χ0) is 13.7. The van der Waals surface area contributed by atoms with Gasteiger partial charge in [-0.15, -0.1) is 0 Å². The first kappa shape index (κ1) is 13.5. The number of nitrogens with one attached hydrogen (secondary N) is 2. The van der Waals surface area contributed by atoms with Crippen molar-refractivity contribution < 1.29 is 14.3 Å². The van der Waals surface area contributed by atoms with Crippen molar-refractivity contribution in [1.82, 2.24) is 10.6 Å². The second-order valence-corrected chi connectivity index (χ2v) is 5.00. The Morgan fingerprint density at radius 2 is 2.21 bits per heavy atom. The molecule has 2 amide bonds. The highest BCUT2D eigenvalue weighted by molar-refractivity contribution is 8.14. The molecule has 1 aliphatic rings. The van der Waals surface area contributed by atoms with Crippen LogP contribution in [0.25, 0.3) is 0 Å². The lowest BCUT2D eigenvalue weighted by Gasteiger charge is -2.11. The number of thioether (sulfide) groups is 1. The molecule has 102 valence electrons. The minimum atomic E-state index is -0.436. The van der Waals surface area contributed by atoms with Crippen LogP contribution in [-0.2, 0) is 4.79 Å². The van der Waals surface area contributed by atoms with E-state index in [1.165, 1.54) is 0 Å². The van der Waals surface area contributed by atoms with Gasteiger partial charge < -0.3 is 21.1 Å². The number of nitrogen functional groups attached to an aromatic ring is 1. The summed E-state index contributed by atoms with van der Waals surface area (Å²) in [4.78, 5) is 22.6. The molecule has 4 N–H and O–H groups in total. The quantitative estimate of drug-likeness (QED) is 0.542. The molecule has 1 fully saturated rings. The fraction of sp³-hybridized carbons (Fsp3) is 0.333. The molecule has 1 aromatic rings. The molecule has 1 heterocycles. The Balaban J connectivity index is 1.65. The number of carbonyl (C=O) groups is 2. The van der Waals surface area contributed by atoms with E-state index in [4.69, 9.17) is 10.5 Å². The molecule has 0 bridgehead atoms. The van der Waals surface area contributed by atoms with Gasteiger partial charge in [-0.05, 0) is 24.3 Å². The summed E-state index contributed by atoms with van der Waals surface area (Å²) in [7, 11) is 0. The monoisotopic (exact) mass is 281 g/mol. The average Bonchev–Trinajstić information content (AvgIpc) is 2.83. The van der Waals surface area contributed by atoms with Gasteiger partial charge in [-0.3, -0.25) is 9.59 Å². The van der Waals surface area contributed by atoms with Crippen LogP contribution in [0.4, 0.5) is 10.5 Å². The lowest BCUT2D eigenvalue weighted by Crippen LogP contribution is -2.44. The van der Waals surface area contributed by atoms with Crippen LogP contribution in [0.5, 0.6) is 5.75 Å². The second-order valence-electron chi connectivity index (χ2n) is 4.00. The van der Waals surface area contributed by atoms with E-state index >= 15 is 0 Å². The maximum absolute atomic E-state index is 11.6. The van der Waals surface area contributed by atoms with Gasteiger partial charge in [0, 0.05) is 11.4 Å².